The van der Waals surface area contributed by atoms with Crippen molar-refractivity contribution < 1.29 is 0 Å². The number of hydrogen-bond donors (Lipinski definition) is 1. The molecule has 4 aromatic rings. The molecule has 5 aliphatic heterocycles. The SMILES string of the molecule is C1=NC2=c3ccccc3=NC2=C1.C1=NC2=c3ccccc3=NC2=C1.c1ccc2c(c1)Nc1ccccc1S2. The average molecular weight is 508 g/mol. The van der Waals surface area contributed by atoms with Crippen molar-refractivity contribution in [1.29, 1.82) is 0 Å². The molecule has 5 aliphatic rings. The van der Waals surface area contributed by atoms with E-state index in [2.05, 4.69) is 86.0 Å². The van der Waals surface area contributed by atoms with E-state index in [9.17, 15) is 0 Å². The third kappa shape index (κ3) is 4.11. The van der Waals surface area contributed by atoms with Gasteiger partial charge in [0, 0.05) is 32.7 Å². The molecule has 0 amide bonds. The maximum atomic E-state index is 4.41. The molecule has 0 unspecified atom stereocenters. The molecule has 0 aliphatic carbocycles. The minimum atomic E-state index is 0.996. The molecule has 0 saturated heterocycles. The first-order valence-corrected chi connectivity index (χ1v) is 13.1. The highest BCUT2D eigenvalue weighted by Gasteiger charge is 2.15. The summed E-state index contributed by atoms with van der Waals surface area (Å²) in [6.45, 7) is 0. The molecule has 9 rings (SSSR count). The molecule has 6 heteroatoms. The molecular weight excluding hydrogens is 486 g/mol. The second-order valence-electron chi connectivity index (χ2n) is 8.83. The molecule has 5 heterocycles. The number of hydrogen-bond acceptors (Lipinski definition) is 6. The molecule has 0 radical (unpaired) electrons. The molecule has 0 spiro atoms. The molecule has 0 bridgehead atoms. The fourth-order valence-electron chi connectivity index (χ4n) is 4.63. The van der Waals surface area contributed by atoms with Crippen LogP contribution in [0.4, 0.5) is 11.4 Å². The number of nitrogens with one attached hydrogen (secondary N) is 1. The van der Waals surface area contributed by atoms with E-state index in [1.54, 1.807) is 12.4 Å². The van der Waals surface area contributed by atoms with Crippen LogP contribution in [0.5, 0.6) is 0 Å². The maximum Gasteiger partial charge on any atom is 0.0980 e. The zero-order valence-corrected chi connectivity index (χ0v) is 21.1. The van der Waals surface area contributed by atoms with Gasteiger partial charge in [-0.15, -0.1) is 0 Å². The van der Waals surface area contributed by atoms with Gasteiger partial charge in [0.2, 0.25) is 0 Å². The van der Waals surface area contributed by atoms with Crippen LogP contribution >= 0.6 is 11.8 Å². The first kappa shape index (κ1) is 22.4. The normalized spacial score (nSPS) is 15.4. The van der Waals surface area contributed by atoms with Gasteiger partial charge in [0.05, 0.1) is 44.9 Å². The average Bonchev–Trinajstić information content (AvgIpc) is 3.74. The summed E-state index contributed by atoms with van der Waals surface area (Å²) in [6, 6.07) is 32.9. The summed E-state index contributed by atoms with van der Waals surface area (Å²) in [5.74, 6) is 0. The Morgan fingerprint density at radius 2 is 0.947 bits per heavy atom. The first-order valence-electron chi connectivity index (χ1n) is 12.3. The van der Waals surface area contributed by atoms with E-state index < -0.39 is 0 Å². The van der Waals surface area contributed by atoms with Gasteiger partial charge in [0.15, 0.2) is 0 Å². The van der Waals surface area contributed by atoms with Gasteiger partial charge in [-0.05, 0) is 48.6 Å². The predicted molar refractivity (Wildman–Crippen MR) is 155 cm³/mol. The molecule has 0 atom stereocenters. The Kier molecular flexibility index (Phi) is 5.64. The lowest BCUT2D eigenvalue weighted by molar-refractivity contribution is 1.32. The summed E-state index contributed by atoms with van der Waals surface area (Å²) < 4.78 is 0. The number of nitrogens with zero attached hydrogens (tertiary/aromatic N) is 4. The number of rotatable bonds is 0. The zero-order chi connectivity index (χ0) is 25.3. The van der Waals surface area contributed by atoms with Crippen molar-refractivity contribution in [2.45, 2.75) is 9.79 Å². The topological polar surface area (TPSA) is 61.5 Å². The zero-order valence-electron chi connectivity index (χ0n) is 20.2. The van der Waals surface area contributed by atoms with E-state index in [-0.39, 0.29) is 0 Å². The van der Waals surface area contributed by atoms with E-state index >= 15 is 0 Å². The quantitative estimate of drug-likeness (QED) is 0.331. The van der Waals surface area contributed by atoms with Crippen LogP contribution in [0.25, 0.3) is 11.4 Å². The molecule has 0 fully saturated rings. The standard InChI is InChI=1S/C12H9NS.2C10H6N2/c1-3-7-11-9(5-1)13-10-6-2-4-8-12(10)14-11;2*1-2-4-8-7(3-1)10-9(12-8)5-6-11-10/h1-8,13H;2*1-6H. The van der Waals surface area contributed by atoms with Crippen molar-refractivity contribution in [2.24, 2.45) is 20.0 Å². The second kappa shape index (κ2) is 9.57. The Morgan fingerprint density at radius 3 is 1.47 bits per heavy atom. The van der Waals surface area contributed by atoms with Gasteiger partial charge in [-0.2, -0.15) is 0 Å². The van der Waals surface area contributed by atoms with Crippen molar-refractivity contribution in [3.63, 3.8) is 0 Å². The Bertz CT molecular complexity index is 1800. The fraction of sp³-hybridized carbons (Fsp3) is 0. The summed E-state index contributed by atoms with van der Waals surface area (Å²) in [6.07, 6.45) is 7.47. The Morgan fingerprint density at radius 1 is 0.500 bits per heavy atom. The summed E-state index contributed by atoms with van der Waals surface area (Å²) in [7, 11) is 0. The Balaban J connectivity index is 0.0000000959. The van der Waals surface area contributed by atoms with Crippen LogP contribution in [0.15, 0.2) is 150 Å². The monoisotopic (exact) mass is 507 g/mol. The maximum absolute atomic E-state index is 4.41. The lowest BCUT2D eigenvalue weighted by Crippen LogP contribution is -2.21. The number of para-hydroxylation sites is 4. The highest BCUT2D eigenvalue weighted by Crippen LogP contribution is 2.43. The summed E-state index contributed by atoms with van der Waals surface area (Å²) >= 11 is 1.82. The minimum Gasteiger partial charge on any atom is -0.354 e. The van der Waals surface area contributed by atoms with Crippen LogP contribution in [-0.2, 0) is 0 Å². The van der Waals surface area contributed by atoms with Crippen LogP contribution in [0, 0.1) is 0 Å². The molecule has 4 aromatic carbocycles. The number of benzene rings is 4. The van der Waals surface area contributed by atoms with Gasteiger partial charge in [0.1, 0.15) is 0 Å². The van der Waals surface area contributed by atoms with Gasteiger partial charge >= 0.3 is 0 Å². The highest BCUT2D eigenvalue weighted by molar-refractivity contribution is 7.99. The van der Waals surface area contributed by atoms with Crippen LogP contribution in [0.2, 0.25) is 0 Å². The second-order valence-corrected chi connectivity index (χ2v) is 9.92. The van der Waals surface area contributed by atoms with Crippen LogP contribution in [-0.4, -0.2) is 12.4 Å². The number of allylic oxidation sites excluding steroid dienone is 2. The summed E-state index contributed by atoms with van der Waals surface area (Å²) in [4.78, 5) is 19.9. The van der Waals surface area contributed by atoms with E-state index in [1.807, 2.05) is 60.3 Å². The molecule has 1 N–H and O–H groups in total. The van der Waals surface area contributed by atoms with Crippen LogP contribution in [0.3, 0.4) is 0 Å². The van der Waals surface area contributed by atoms with Gasteiger partial charge in [-0.1, -0.05) is 72.4 Å². The number of aliphatic imine (C=N–C) groups is 2. The number of anilines is 2. The third-order valence-corrected chi connectivity index (χ3v) is 7.57. The van der Waals surface area contributed by atoms with Gasteiger partial charge in [-0.25, -0.2) is 9.98 Å². The Hall–Kier alpha value is -4.81. The van der Waals surface area contributed by atoms with Crippen LogP contribution in [0.1, 0.15) is 0 Å². The van der Waals surface area contributed by atoms with Crippen molar-refractivity contribution in [3.05, 3.63) is 142 Å². The van der Waals surface area contributed by atoms with E-state index in [4.69, 9.17) is 0 Å². The van der Waals surface area contributed by atoms with E-state index in [0.29, 0.717) is 0 Å². The van der Waals surface area contributed by atoms with E-state index in [0.717, 1.165) is 43.9 Å². The molecule has 0 aromatic heterocycles. The first-order chi connectivity index (χ1) is 18.8. The van der Waals surface area contributed by atoms with Gasteiger partial charge < -0.3 is 5.32 Å². The lowest BCUT2D eigenvalue weighted by atomic mass is 10.2. The van der Waals surface area contributed by atoms with E-state index in [1.165, 1.54) is 21.2 Å². The molecular formula is C32H21N5S. The molecule has 5 nitrogen and oxygen atoms in total. The molecule has 180 valence electrons. The van der Waals surface area contributed by atoms with Crippen molar-refractivity contribution >= 4 is 47.0 Å². The smallest absolute Gasteiger partial charge is 0.0980 e. The molecule has 38 heavy (non-hydrogen) atoms. The highest BCUT2D eigenvalue weighted by atomic mass is 32.2. The Labute approximate surface area is 223 Å². The van der Waals surface area contributed by atoms with Gasteiger partial charge in [-0.3, -0.25) is 9.98 Å². The molecule has 0 saturated carbocycles. The van der Waals surface area contributed by atoms with Crippen LogP contribution < -0.4 is 26.5 Å². The predicted octanol–water partition coefficient (Wildman–Crippen LogP) is 4.69. The third-order valence-electron chi connectivity index (χ3n) is 6.42. The fourth-order valence-corrected chi connectivity index (χ4v) is 5.62. The summed E-state index contributed by atoms with van der Waals surface area (Å²) in [5.41, 5.74) is 6.44. The largest absolute Gasteiger partial charge is 0.354 e. The number of fused-ring (bicyclic) bond motifs is 6. The van der Waals surface area contributed by atoms with Crippen molar-refractivity contribution in [1.82, 2.24) is 0 Å². The minimum absolute atomic E-state index is 0.996. The van der Waals surface area contributed by atoms with Crippen molar-refractivity contribution in [2.75, 3.05) is 5.32 Å². The van der Waals surface area contributed by atoms with Gasteiger partial charge in [0.25, 0.3) is 0 Å². The lowest BCUT2D eigenvalue weighted by Gasteiger charge is -2.19. The van der Waals surface area contributed by atoms with Crippen molar-refractivity contribution in [3.8, 4) is 0 Å². The summed E-state index contributed by atoms with van der Waals surface area (Å²) in [5, 5.41) is 7.80.